The Balaban J connectivity index is 2.01. The van der Waals surface area contributed by atoms with Gasteiger partial charge in [0.15, 0.2) is 5.96 Å². The number of hydrogen-bond acceptors (Lipinski definition) is 4. The largest absolute Gasteiger partial charge is 0.382 e. The summed E-state index contributed by atoms with van der Waals surface area (Å²) in [7, 11) is 0. The number of aliphatic imine (C=N–C) groups is 1. The number of rotatable bonds is 13. The normalized spacial score (nSPS) is 18.3. The number of hydrogen-bond donors (Lipinski definition) is 2. The molecule has 1 rings (SSSR count). The molecule has 6 nitrogen and oxygen atoms in total. The molecule has 23 heavy (non-hydrogen) atoms. The van der Waals surface area contributed by atoms with Crippen LogP contribution in [0.25, 0.3) is 0 Å². The predicted octanol–water partition coefficient (Wildman–Crippen LogP) is 1.80. The van der Waals surface area contributed by atoms with Gasteiger partial charge in [0, 0.05) is 52.0 Å². The Hall–Kier alpha value is -0.850. The molecule has 1 saturated heterocycles. The van der Waals surface area contributed by atoms with Gasteiger partial charge in [0.25, 0.3) is 0 Å². The first-order chi connectivity index (χ1) is 11.4. The zero-order valence-corrected chi connectivity index (χ0v) is 14.9. The van der Waals surface area contributed by atoms with Gasteiger partial charge in [0.2, 0.25) is 0 Å². The zero-order valence-electron chi connectivity index (χ0n) is 14.9. The number of ether oxygens (including phenoxy) is 3. The average molecular weight is 329 g/mol. The van der Waals surface area contributed by atoms with Crippen LogP contribution >= 0.6 is 0 Å². The minimum atomic E-state index is 0.592. The minimum Gasteiger partial charge on any atom is -0.382 e. The van der Waals surface area contributed by atoms with E-state index in [1.807, 2.05) is 6.92 Å². The van der Waals surface area contributed by atoms with E-state index in [0.717, 1.165) is 90.9 Å². The topological polar surface area (TPSA) is 64.1 Å². The highest BCUT2D eigenvalue weighted by atomic mass is 16.5. The van der Waals surface area contributed by atoms with Crippen molar-refractivity contribution < 1.29 is 14.2 Å². The molecule has 0 aromatic rings. The van der Waals surface area contributed by atoms with Crippen LogP contribution in [-0.4, -0.2) is 65.2 Å². The minimum absolute atomic E-state index is 0.592. The Morgan fingerprint density at radius 1 is 1.13 bits per heavy atom. The molecule has 0 radical (unpaired) electrons. The molecule has 2 N–H and O–H groups in total. The molecule has 1 aliphatic heterocycles. The third-order valence-electron chi connectivity index (χ3n) is 3.65. The first-order valence-corrected chi connectivity index (χ1v) is 9.12. The fourth-order valence-electron chi connectivity index (χ4n) is 2.34. The van der Waals surface area contributed by atoms with Crippen LogP contribution < -0.4 is 10.6 Å². The lowest BCUT2D eigenvalue weighted by Crippen LogP contribution is -2.38. The molecule has 1 fully saturated rings. The summed E-state index contributed by atoms with van der Waals surface area (Å²) >= 11 is 0. The molecule has 136 valence electrons. The van der Waals surface area contributed by atoms with Crippen molar-refractivity contribution in [3.8, 4) is 0 Å². The Bertz CT molecular complexity index is 295. The Morgan fingerprint density at radius 2 is 2.00 bits per heavy atom. The SMILES string of the molecule is CCNC(=NCCCOCC1CCOC1)NCCCCOCC. The molecule has 0 spiro atoms. The monoisotopic (exact) mass is 329 g/mol. The summed E-state index contributed by atoms with van der Waals surface area (Å²) in [5.41, 5.74) is 0. The fourth-order valence-corrected chi connectivity index (χ4v) is 2.34. The smallest absolute Gasteiger partial charge is 0.191 e. The van der Waals surface area contributed by atoms with E-state index < -0.39 is 0 Å². The first-order valence-electron chi connectivity index (χ1n) is 9.12. The van der Waals surface area contributed by atoms with E-state index >= 15 is 0 Å². The summed E-state index contributed by atoms with van der Waals surface area (Å²) < 4.78 is 16.4. The lowest BCUT2D eigenvalue weighted by atomic mass is 10.1. The molecule has 1 aliphatic rings. The number of nitrogens with zero attached hydrogens (tertiary/aromatic N) is 1. The summed E-state index contributed by atoms with van der Waals surface area (Å²) in [5.74, 6) is 1.49. The molecule has 6 heteroatoms. The average Bonchev–Trinajstić information content (AvgIpc) is 3.07. The molecule has 0 aromatic heterocycles. The van der Waals surface area contributed by atoms with Crippen LogP contribution in [0.15, 0.2) is 4.99 Å². The van der Waals surface area contributed by atoms with Crippen LogP contribution in [0, 0.1) is 5.92 Å². The van der Waals surface area contributed by atoms with Crippen LogP contribution in [0.5, 0.6) is 0 Å². The van der Waals surface area contributed by atoms with E-state index in [1.54, 1.807) is 0 Å². The van der Waals surface area contributed by atoms with Gasteiger partial charge in [-0.2, -0.15) is 0 Å². The van der Waals surface area contributed by atoms with Gasteiger partial charge in [0.05, 0.1) is 13.2 Å². The van der Waals surface area contributed by atoms with Gasteiger partial charge in [-0.3, -0.25) is 4.99 Å². The fraction of sp³-hybridized carbons (Fsp3) is 0.941. The van der Waals surface area contributed by atoms with Crippen molar-refractivity contribution in [2.24, 2.45) is 10.9 Å². The van der Waals surface area contributed by atoms with Crippen molar-refractivity contribution in [2.75, 3.05) is 59.3 Å². The molecule has 1 heterocycles. The highest BCUT2D eigenvalue weighted by molar-refractivity contribution is 5.79. The maximum Gasteiger partial charge on any atom is 0.191 e. The van der Waals surface area contributed by atoms with Crippen LogP contribution in [-0.2, 0) is 14.2 Å². The number of unbranched alkanes of at least 4 members (excludes halogenated alkanes) is 1. The van der Waals surface area contributed by atoms with Gasteiger partial charge in [-0.15, -0.1) is 0 Å². The molecule has 0 aliphatic carbocycles. The Morgan fingerprint density at radius 3 is 2.74 bits per heavy atom. The lowest BCUT2D eigenvalue weighted by molar-refractivity contribution is 0.0893. The van der Waals surface area contributed by atoms with Crippen molar-refractivity contribution >= 4 is 5.96 Å². The van der Waals surface area contributed by atoms with Crippen LogP contribution in [0.2, 0.25) is 0 Å². The van der Waals surface area contributed by atoms with Crippen LogP contribution in [0.3, 0.4) is 0 Å². The summed E-state index contributed by atoms with van der Waals surface area (Å²) in [4.78, 5) is 4.58. The standard InChI is InChI=1S/C17H35N3O3/c1-3-18-17(19-9-5-6-11-21-4-2)20-10-7-12-22-14-16-8-13-23-15-16/h16H,3-15H2,1-2H3,(H2,18,19,20). The van der Waals surface area contributed by atoms with Gasteiger partial charge < -0.3 is 24.8 Å². The van der Waals surface area contributed by atoms with Gasteiger partial charge in [0.1, 0.15) is 0 Å². The third-order valence-corrected chi connectivity index (χ3v) is 3.65. The van der Waals surface area contributed by atoms with E-state index in [-0.39, 0.29) is 0 Å². The predicted molar refractivity (Wildman–Crippen MR) is 94.1 cm³/mol. The second-order valence-corrected chi connectivity index (χ2v) is 5.75. The summed E-state index contributed by atoms with van der Waals surface area (Å²) in [6.45, 7) is 11.7. The third kappa shape index (κ3) is 11.3. The molecule has 0 bridgehead atoms. The van der Waals surface area contributed by atoms with Gasteiger partial charge in [-0.25, -0.2) is 0 Å². The number of nitrogens with one attached hydrogen (secondary N) is 2. The zero-order chi connectivity index (χ0) is 16.6. The van der Waals surface area contributed by atoms with Gasteiger partial charge >= 0.3 is 0 Å². The van der Waals surface area contributed by atoms with E-state index in [4.69, 9.17) is 14.2 Å². The van der Waals surface area contributed by atoms with Crippen LogP contribution in [0.1, 0.15) is 39.5 Å². The van der Waals surface area contributed by atoms with E-state index in [1.165, 1.54) is 0 Å². The quantitative estimate of drug-likeness (QED) is 0.306. The molecule has 0 saturated carbocycles. The van der Waals surface area contributed by atoms with Crippen molar-refractivity contribution in [3.05, 3.63) is 0 Å². The molecule has 0 aromatic carbocycles. The Labute approximate surface area is 141 Å². The highest BCUT2D eigenvalue weighted by Crippen LogP contribution is 2.12. The van der Waals surface area contributed by atoms with Crippen LogP contribution in [0.4, 0.5) is 0 Å². The summed E-state index contributed by atoms with van der Waals surface area (Å²) in [5, 5.41) is 6.63. The van der Waals surface area contributed by atoms with E-state index in [2.05, 4.69) is 22.5 Å². The van der Waals surface area contributed by atoms with Crippen molar-refractivity contribution in [2.45, 2.75) is 39.5 Å². The second-order valence-electron chi connectivity index (χ2n) is 5.75. The maximum atomic E-state index is 5.69. The molecule has 1 atom stereocenters. The van der Waals surface area contributed by atoms with Gasteiger partial charge in [-0.1, -0.05) is 0 Å². The van der Waals surface area contributed by atoms with E-state index in [0.29, 0.717) is 5.92 Å². The summed E-state index contributed by atoms with van der Waals surface area (Å²) in [6, 6.07) is 0. The van der Waals surface area contributed by atoms with E-state index in [9.17, 15) is 0 Å². The molecular weight excluding hydrogens is 294 g/mol. The number of guanidine groups is 1. The molecule has 0 amide bonds. The Kier molecular flexibility index (Phi) is 12.9. The van der Waals surface area contributed by atoms with Gasteiger partial charge in [-0.05, 0) is 39.5 Å². The lowest BCUT2D eigenvalue weighted by Gasteiger charge is -2.11. The summed E-state index contributed by atoms with van der Waals surface area (Å²) in [6.07, 6.45) is 4.26. The molecule has 1 unspecified atom stereocenters. The molecular formula is C17H35N3O3. The maximum absolute atomic E-state index is 5.69. The second kappa shape index (κ2) is 14.7. The highest BCUT2D eigenvalue weighted by Gasteiger charge is 2.15. The van der Waals surface area contributed by atoms with Crippen molar-refractivity contribution in [3.63, 3.8) is 0 Å². The first kappa shape index (κ1) is 20.2. The van der Waals surface area contributed by atoms with Crippen molar-refractivity contribution in [1.29, 1.82) is 0 Å². The van der Waals surface area contributed by atoms with Crippen molar-refractivity contribution in [1.82, 2.24) is 10.6 Å².